The minimum Gasteiger partial charge on any atom is -0.322 e. The normalized spacial score (nSPS) is 14.5. The summed E-state index contributed by atoms with van der Waals surface area (Å²) in [7, 11) is 0. The van der Waals surface area contributed by atoms with Crippen molar-refractivity contribution in [3.05, 3.63) is 78.5 Å². The van der Waals surface area contributed by atoms with E-state index in [2.05, 4.69) is 21.5 Å². The third-order valence-corrected chi connectivity index (χ3v) is 4.65. The first-order valence-electron chi connectivity index (χ1n) is 9.11. The number of pyridine rings is 1. The molecule has 28 heavy (non-hydrogen) atoms. The van der Waals surface area contributed by atoms with Crippen LogP contribution in [0.15, 0.2) is 67.1 Å². The molecular weight excluding hydrogens is 357 g/mol. The minimum atomic E-state index is -0.429. The van der Waals surface area contributed by atoms with Crippen molar-refractivity contribution in [1.82, 2.24) is 19.7 Å². The molecule has 1 amide bonds. The lowest BCUT2D eigenvalue weighted by molar-refractivity contribution is -0.117. The van der Waals surface area contributed by atoms with Crippen molar-refractivity contribution < 1.29 is 9.18 Å². The number of amides is 1. The SMILES string of the molecule is O=C(CN1CC=C(c2cnn(-c3ccccn3)c2)CC1)Nc1ccccc1F. The Bertz CT molecular complexity index is 999. The summed E-state index contributed by atoms with van der Waals surface area (Å²) in [5, 5.41) is 7.01. The van der Waals surface area contributed by atoms with Crippen molar-refractivity contribution in [1.29, 1.82) is 0 Å². The van der Waals surface area contributed by atoms with Gasteiger partial charge in [0.2, 0.25) is 5.91 Å². The molecule has 4 rings (SSSR count). The fourth-order valence-corrected chi connectivity index (χ4v) is 3.18. The summed E-state index contributed by atoms with van der Waals surface area (Å²) >= 11 is 0. The first-order valence-corrected chi connectivity index (χ1v) is 9.11. The number of hydrogen-bond donors (Lipinski definition) is 1. The van der Waals surface area contributed by atoms with Crippen LogP contribution in [0.3, 0.4) is 0 Å². The van der Waals surface area contributed by atoms with Crippen LogP contribution in [0.1, 0.15) is 12.0 Å². The van der Waals surface area contributed by atoms with Crippen LogP contribution in [-0.4, -0.2) is 45.2 Å². The number of nitrogens with one attached hydrogen (secondary N) is 1. The van der Waals surface area contributed by atoms with Gasteiger partial charge < -0.3 is 5.32 Å². The van der Waals surface area contributed by atoms with Crippen LogP contribution >= 0.6 is 0 Å². The van der Waals surface area contributed by atoms with Gasteiger partial charge in [0.15, 0.2) is 5.82 Å². The van der Waals surface area contributed by atoms with Crippen molar-refractivity contribution in [2.75, 3.05) is 25.0 Å². The Kier molecular flexibility index (Phi) is 5.25. The van der Waals surface area contributed by atoms with Crippen LogP contribution in [0, 0.1) is 5.82 Å². The fourth-order valence-electron chi connectivity index (χ4n) is 3.18. The van der Waals surface area contributed by atoms with E-state index in [1.165, 1.54) is 11.6 Å². The molecule has 0 fully saturated rings. The molecule has 0 spiro atoms. The van der Waals surface area contributed by atoms with E-state index in [1.54, 1.807) is 29.1 Å². The molecule has 0 saturated heterocycles. The van der Waals surface area contributed by atoms with E-state index in [0.29, 0.717) is 6.54 Å². The molecule has 0 radical (unpaired) electrons. The molecule has 142 valence electrons. The monoisotopic (exact) mass is 377 g/mol. The lowest BCUT2D eigenvalue weighted by atomic mass is 10.0. The topological polar surface area (TPSA) is 63.1 Å². The third kappa shape index (κ3) is 4.15. The molecule has 1 aromatic carbocycles. The summed E-state index contributed by atoms with van der Waals surface area (Å²) in [6.07, 6.45) is 8.47. The van der Waals surface area contributed by atoms with E-state index in [-0.39, 0.29) is 18.1 Å². The number of carbonyl (C=O) groups is 1. The summed E-state index contributed by atoms with van der Waals surface area (Å²) in [5.41, 5.74) is 2.47. The molecule has 0 bridgehead atoms. The summed E-state index contributed by atoms with van der Waals surface area (Å²) < 4.78 is 15.4. The minimum absolute atomic E-state index is 0.211. The molecule has 2 aromatic heterocycles. The summed E-state index contributed by atoms with van der Waals surface area (Å²) in [5.74, 6) is 0.128. The summed E-state index contributed by atoms with van der Waals surface area (Å²) in [6, 6.07) is 11.9. The Balaban J connectivity index is 1.35. The number of rotatable bonds is 5. The van der Waals surface area contributed by atoms with Gasteiger partial charge in [-0.2, -0.15) is 5.10 Å². The molecule has 1 aliphatic rings. The molecule has 0 aliphatic carbocycles. The molecule has 0 unspecified atom stereocenters. The van der Waals surface area contributed by atoms with E-state index < -0.39 is 5.82 Å². The maximum absolute atomic E-state index is 13.6. The van der Waals surface area contributed by atoms with E-state index >= 15 is 0 Å². The van der Waals surface area contributed by atoms with Gasteiger partial charge in [-0.25, -0.2) is 14.1 Å². The van der Waals surface area contributed by atoms with Crippen molar-refractivity contribution in [3.63, 3.8) is 0 Å². The number of aromatic nitrogens is 3. The Hall–Kier alpha value is -3.32. The number of anilines is 1. The number of hydrogen-bond acceptors (Lipinski definition) is 4. The highest BCUT2D eigenvalue weighted by molar-refractivity contribution is 5.92. The van der Waals surface area contributed by atoms with Gasteiger partial charge in [0.05, 0.1) is 18.4 Å². The Morgan fingerprint density at radius 3 is 2.79 bits per heavy atom. The lowest BCUT2D eigenvalue weighted by Gasteiger charge is -2.25. The van der Waals surface area contributed by atoms with E-state index in [4.69, 9.17) is 0 Å². The Morgan fingerprint density at radius 1 is 1.18 bits per heavy atom. The molecular formula is C21H20FN5O. The van der Waals surface area contributed by atoms with Crippen LogP contribution in [0.2, 0.25) is 0 Å². The van der Waals surface area contributed by atoms with Crippen molar-refractivity contribution >= 4 is 17.2 Å². The molecule has 0 atom stereocenters. The van der Waals surface area contributed by atoms with Gasteiger partial charge in [-0.05, 0) is 36.3 Å². The number of para-hydroxylation sites is 1. The highest BCUT2D eigenvalue weighted by Crippen LogP contribution is 2.22. The number of nitrogens with zero attached hydrogens (tertiary/aromatic N) is 4. The first kappa shape index (κ1) is 18.1. The zero-order chi connectivity index (χ0) is 19.3. The predicted octanol–water partition coefficient (Wildman–Crippen LogP) is 3.13. The maximum Gasteiger partial charge on any atom is 0.238 e. The van der Waals surface area contributed by atoms with Crippen molar-refractivity contribution in [2.45, 2.75) is 6.42 Å². The number of halogens is 1. The van der Waals surface area contributed by atoms with Crippen LogP contribution in [-0.2, 0) is 4.79 Å². The second-order valence-corrected chi connectivity index (χ2v) is 6.60. The first-order chi connectivity index (χ1) is 13.7. The fraction of sp³-hybridized carbons (Fsp3) is 0.190. The second kappa shape index (κ2) is 8.14. The van der Waals surface area contributed by atoms with Gasteiger partial charge in [0.25, 0.3) is 0 Å². The third-order valence-electron chi connectivity index (χ3n) is 4.65. The van der Waals surface area contributed by atoms with E-state index in [9.17, 15) is 9.18 Å². The van der Waals surface area contributed by atoms with Crippen LogP contribution < -0.4 is 5.32 Å². The average Bonchev–Trinajstić information content (AvgIpc) is 3.21. The van der Waals surface area contributed by atoms with Gasteiger partial charge in [-0.15, -0.1) is 0 Å². The summed E-state index contributed by atoms with van der Waals surface area (Å²) in [6.45, 7) is 1.64. The number of benzene rings is 1. The quantitative estimate of drug-likeness (QED) is 0.742. The Morgan fingerprint density at radius 2 is 2.04 bits per heavy atom. The molecule has 7 heteroatoms. The van der Waals surface area contributed by atoms with Gasteiger partial charge >= 0.3 is 0 Å². The van der Waals surface area contributed by atoms with Gasteiger partial charge in [0, 0.05) is 31.0 Å². The number of carbonyl (C=O) groups excluding carboxylic acids is 1. The Labute approximate surface area is 162 Å². The molecule has 1 N–H and O–H groups in total. The second-order valence-electron chi connectivity index (χ2n) is 6.60. The highest BCUT2D eigenvalue weighted by Gasteiger charge is 2.17. The zero-order valence-corrected chi connectivity index (χ0v) is 15.3. The maximum atomic E-state index is 13.6. The predicted molar refractivity (Wildman–Crippen MR) is 105 cm³/mol. The highest BCUT2D eigenvalue weighted by atomic mass is 19.1. The average molecular weight is 377 g/mol. The molecule has 3 heterocycles. The standard InChI is InChI=1S/C21H20FN5O/c22-18-5-1-2-6-19(18)25-21(28)15-26-11-8-16(9-12-26)17-13-24-27(14-17)20-7-3-4-10-23-20/h1-8,10,13-14H,9,11-12,15H2,(H,25,28). The summed E-state index contributed by atoms with van der Waals surface area (Å²) in [4.78, 5) is 18.5. The lowest BCUT2D eigenvalue weighted by Crippen LogP contribution is -2.36. The van der Waals surface area contributed by atoms with E-state index in [0.717, 1.165) is 24.3 Å². The van der Waals surface area contributed by atoms with Crippen molar-refractivity contribution in [3.8, 4) is 5.82 Å². The molecule has 3 aromatic rings. The van der Waals surface area contributed by atoms with Crippen LogP contribution in [0.25, 0.3) is 11.4 Å². The van der Waals surface area contributed by atoms with Crippen LogP contribution in [0.5, 0.6) is 0 Å². The van der Waals surface area contributed by atoms with Crippen molar-refractivity contribution in [2.24, 2.45) is 0 Å². The molecule has 6 nitrogen and oxygen atoms in total. The molecule has 0 saturated carbocycles. The molecule has 1 aliphatic heterocycles. The van der Waals surface area contributed by atoms with Gasteiger partial charge in [-0.1, -0.05) is 24.3 Å². The van der Waals surface area contributed by atoms with E-state index in [1.807, 2.05) is 35.5 Å². The van der Waals surface area contributed by atoms with Gasteiger partial charge in [0.1, 0.15) is 5.82 Å². The van der Waals surface area contributed by atoms with Gasteiger partial charge in [-0.3, -0.25) is 9.69 Å². The smallest absolute Gasteiger partial charge is 0.238 e. The largest absolute Gasteiger partial charge is 0.322 e. The zero-order valence-electron chi connectivity index (χ0n) is 15.3. The van der Waals surface area contributed by atoms with Crippen LogP contribution in [0.4, 0.5) is 10.1 Å².